The standard InChI is InChI=1S/C21H21ClF2O6S/c1-29-21(26)14(3-2-10-25)15-11-30-19-17(24)9-8-16(23)18(19)20(15)31(27,28)13-6-4-12(22)5-7-13/h4-9,14-15,20,25H,2-3,10-11H2,1H3. The van der Waals surface area contributed by atoms with E-state index < -0.39 is 55.8 Å². The number of hydrogen-bond donors (Lipinski definition) is 1. The molecule has 0 saturated carbocycles. The topological polar surface area (TPSA) is 89.9 Å². The van der Waals surface area contributed by atoms with Crippen LogP contribution in [0.4, 0.5) is 8.78 Å². The molecule has 0 aromatic heterocycles. The van der Waals surface area contributed by atoms with Gasteiger partial charge in [0.2, 0.25) is 0 Å². The van der Waals surface area contributed by atoms with Crippen molar-refractivity contribution in [3.05, 3.63) is 58.6 Å². The first kappa shape index (κ1) is 23.4. The fourth-order valence-corrected chi connectivity index (χ4v) is 6.09. The molecule has 1 aliphatic heterocycles. The molecule has 3 rings (SSSR count). The zero-order valence-corrected chi connectivity index (χ0v) is 18.1. The molecular formula is C21H21ClF2O6S. The Morgan fingerprint density at radius 2 is 1.87 bits per heavy atom. The highest BCUT2D eigenvalue weighted by Crippen LogP contribution is 2.48. The summed E-state index contributed by atoms with van der Waals surface area (Å²) in [5, 5.41) is 7.90. The first-order valence-electron chi connectivity index (χ1n) is 9.51. The summed E-state index contributed by atoms with van der Waals surface area (Å²) < 4.78 is 66.8. The van der Waals surface area contributed by atoms with E-state index in [-0.39, 0.29) is 31.0 Å². The maximum Gasteiger partial charge on any atom is 0.309 e. The van der Waals surface area contributed by atoms with Crippen LogP contribution in [0.25, 0.3) is 0 Å². The van der Waals surface area contributed by atoms with Crippen molar-refractivity contribution in [2.75, 3.05) is 20.3 Å². The molecule has 0 aliphatic carbocycles. The predicted octanol–water partition coefficient (Wildman–Crippen LogP) is 3.70. The molecule has 1 aliphatic rings. The van der Waals surface area contributed by atoms with Gasteiger partial charge in [0, 0.05) is 17.5 Å². The summed E-state index contributed by atoms with van der Waals surface area (Å²) in [4.78, 5) is 12.3. The molecule has 2 aromatic rings. The van der Waals surface area contributed by atoms with Gasteiger partial charge >= 0.3 is 5.97 Å². The van der Waals surface area contributed by atoms with Crippen LogP contribution < -0.4 is 4.74 Å². The van der Waals surface area contributed by atoms with Crippen LogP contribution in [0, 0.1) is 23.5 Å². The smallest absolute Gasteiger partial charge is 0.309 e. The fraction of sp³-hybridized carbons (Fsp3) is 0.381. The monoisotopic (exact) mass is 474 g/mol. The maximum atomic E-state index is 14.9. The second kappa shape index (κ2) is 9.50. The van der Waals surface area contributed by atoms with Gasteiger partial charge in [-0.1, -0.05) is 11.6 Å². The highest BCUT2D eigenvalue weighted by Gasteiger charge is 2.48. The van der Waals surface area contributed by atoms with Crippen LogP contribution in [-0.4, -0.2) is 39.8 Å². The number of esters is 1. The number of aliphatic hydroxyl groups excluding tert-OH is 1. The van der Waals surface area contributed by atoms with Crippen molar-refractivity contribution in [2.45, 2.75) is 23.0 Å². The molecule has 1 N–H and O–H groups in total. The van der Waals surface area contributed by atoms with Crippen molar-refractivity contribution in [1.82, 2.24) is 0 Å². The molecule has 0 saturated heterocycles. The average Bonchev–Trinajstić information content (AvgIpc) is 2.76. The zero-order valence-electron chi connectivity index (χ0n) is 16.6. The van der Waals surface area contributed by atoms with Crippen LogP contribution in [0.1, 0.15) is 23.7 Å². The lowest BCUT2D eigenvalue weighted by atomic mass is 9.82. The first-order valence-corrected chi connectivity index (χ1v) is 11.4. The van der Waals surface area contributed by atoms with Crippen LogP contribution in [0.5, 0.6) is 5.75 Å². The Labute approximate surface area is 183 Å². The van der Waals surface area contributed by atoms with Gasteiger partial charge in [-0.2, -0.15) is 0 Å². The second-order valence-corrected chi connectivity index (χ2v) is 9.67. The predicted molar refractivity (Wildman–Crippen MR) is 109 cm³/mol. The van der Waals surface area contributed by atoms with Gasteiger partial charge in [-0.05, 0) is 49.2 Å². The molecule has 3 unspecified atom stereocenters. The molecule has 6 nitrogen and oxygen atoms in total. The van der Waals surface area contributed by atoms with Crippen LogP contribution in [0.2, 0.25) is 5.02 Å². The third-order valence-electron chi connectivity index (χ3n) is 5.36. The Morgan fingerprint density at radius 3 is 2.48 bits per heavy atom. The van der Waals surface area contributed by atoms with Gasteiger partial charge in [-0.3, -0.25) is 4.79 Å². The van der Waals surface area contributed by atoms with Gasteiger partial charge in [0.1, 0.15) is 11.1 Å². The van der Waals surface area contributed by atoms with Crippen LogP contribution >= 0.6 is 11.6 Å². The maximum absolute atomic E-state index is 14.9. The molecule has 0 bridgehead atoms. The van der Waals surface area contributed by atoms with Crippen molar-refractivity contribution in [3.8, 4) is 5.75 Å². The number of fused-ring (bicyclic) bond motifs is 1. The molecule has 0 amide bonds. The SMILES string of the molecule is COC(=O)C(CCCO)C1COc2c(F)ccc(F)c2C1S(=O)(=O)c1ccc(Cl)cc1. The number of methoxy groups -OCH3 is 1. The van der Waals surface area contributed by atoms with Crippen LogP contribution in [0.3, 0.4) is 0 Å². The van der Waals surface area contributed by atoms with E-state index in [0.717, 1.165) is 19.2 Å². The number of carbonyl (C=O) groups excluding carboxylic acids is 1. The summed E-state index contributed by atoms with van der Waals surface area (Å²) in [6.45, 7) is -0.592. The van der Waals surface area contributed by atoms with Crippen molar-refractivity contribution < 1.29 is 36.6 Å². The molecule has 0 radical (unpaired) electrons. The molecule has 0 fully saturated rings. The first-order chi connectivity index (χ1) is 14.7. The summed E-state index contributed by atoms with van der Waals surface area (Å²) in [5.74, 6) is -5.20. The number of ether oxygens (including phenoxy) is 2. The summed E-state index contributed by atoms with van der Waals surface area (Å²) >= 11 is 5.86. The van der Waals surface area contributed by atoms with E-state index in [2.05, 4.69) is 0 Å². The second-order valence-electron chi connectivity index (χ2n) is 7.16. The Morgan fingerprint density at radius 1 is 1.23 bits per heavy atom. The van der Waals surface area contributed by atoms with E-state index in [0.29, 0.717) is 5.02 Å². The molecule has 168 valence electrons. The number of sulfone groups is 1. The number of hydrogen-bond acceptors (Lipinski definition) is 6. The normalized spacial score (nSPS) is 19.3. The summed E-state index contributed by atoms with van der Waals surface area (Å²) in [6, 6.07) is 6.95. The third-order valence-corrected chi connectivity index (χ3v) is 7.79. The minimum absolute atomic E-state index is 0.0795. The van der Waals surface area contributed by atoms with E-state index in [1.165, 1.54) is 24.3 Å². The van der Waals surface area contributed by atoms with Gasteiger partial charge in [-0.25, -0.2) is 17.2 Å². The number of aliphatic hydroxyl groups is 1. The number of carbonyl (C=O) groups is 1. The van der Waals surface area contributed by atoms with Crippen LogP contribution in [-0.2, 0) is 19.4 Å². The average molecular weight is 475 g/mol. The van der Waals surface area contributed by atoms with Crippen LogP contribution in [0.15, 0.2) is 41.3 Å². The summed E-state index contributed by atoms with van der Waals surface area (Å²) in [5.41, 5.74) is -0.468. The third kappa shape index (κ3) is 4.53. The van der Waals surface area contributed by atoms with Gasteiger partial charge in [0.05, 0.1) is 30.1 Å². The van der Waals surface area contributed by atoms with E-state index in [1.807, 2.05) is 0 Å². The van der Waals surface area contributed by atoms with E-state index in [1.54, 1.807) is 0 Å². The van der Waals surface area contributed by atoms with Crippen molar-refractivity contribution in [2.24, 2.45) is 11.8 Å². The van der Waals surface area contributed by atoms with Gasteiger partial charge in [0.25, 0.3) is 0 Å². The Hall–Kier alpha value is -2.23. The Kier molecular flexibility index (Phi) is 7.18. The van der Waals surface area contributed by atoms with Gasteiger partial charge < -0.3 is 14.6 Å². The highest BCUT2D eigenvalue weighted by molar-refractivity contribution is 7.91. The number of benzene rings is 2. The van der Waals surface area contributed by atoms with Gasteiger partial charge in [-0.15, -0.1) is 0 Å². The molecule has 31 heavy (non-hydrogen) atoms. The Bertz CT molecular complexity index is 1060. The summed E-state index contributed by atoms with van der Waals surface area (Å²) in [7, 11) is -3.16. The molecule has 0 spiro atoms. The largest absolute Gasteiger partial charge is 0.490 e. The van der Waals surface area contributed by atoms with Gasteiger partial charge in [0.15, 0.2) is 21.4 Å². The number of halogens is 3. The minimum Gasteiger partial charge on any atom is -0.490 e. The lowest BCUT2D eigenvalue weighted by molar-refractivity contribution is -0.148. The minimum atomic E-state index is -4.31. The Balaban J connectivity index is 2.22. The lowest BCUT2D eigenvalue weighted by Crippen LogP contribution is -2.40. The zero-order chi connectivity index (χ0) is 22.8. The van der Waals surface area contributed by atoms with Crippen molar-refractivity contribution >= 4 is 27.4 Å². The fourth-order valence-electron chi connectivity index (χ4n) is 3.89. The van der Waals surface area contributed by atoms with Crippen molar-refractivity contribution in [3.63, 3.8) is 0 Å². The highest BCUT2D eigenvalue weighted by atomic mass is 35.5. The number of rotatable bonds is 7. The van der Waals surface area contributed by atoms with Crippen molar-refractivity contribution in [1.29, 1.82) is 0 Å². The molecular weight excluding hydrogens is 454 g/mol. The van der Waals surface area contributed by atoms with E-state index in [4.69, 9.17) is 21.1 Å². The summed E-state index contributed by atoms with van der Waals surface area (Å²) in [6.07, 6.45) is 0.262. The van der Waals surface area contributed by atoms with E-state index >= 15 is 0 Å². The van der Waals surface area contributed by atoms with E-state index in [9.17, 15) is 27.1 Å². The lowest BCUT2D eigenvalue weighted by Gasteiger charge is -2.37. The molecule has 2 aromatic carbocycles. The molecule has 10 heteroatoms. The molecule has 1 heterocycles. The quantitative estimate of drug-likeness (QED) is 0.615. The molecule has 3 atom stereocenters.